The summed E-state index contributed by atoms with van der Waals surface area (Å²) in [7, 11) is 4.14. The summed E-state index contributed by atoms with van der Waals surface area (Å²) in [6.07, 6.45) is 3.21. The molecular formula is C32H36FN3O. The SMILES string of the molecule is CCC(CCC1c2[nH]c3ccccc3c2CCN1C(=O)c1cccc(C)c1)(c1cccc(F)c1)N(C)C. The highest BCUT2D eigenvalue weighted by atomic mass is 19.1. The van der Waals surface area contributed by atoms with Gasteiger partial charge in [0.05, 0.1) is 6.04 Å². The van der Waals surface area contributed by atoms with E-state index in [1.165, 1.54) is 17.0 Å². The zero-order valence-electron chi connectivity index (χ0n) is 22.2. The summed E-state index contributed by atoms with van der Waals surface area (Å²) in [6, 6.07) is 23.2. The van der Waals surface area contributed by atoms with Crippen LogP contribution in [0.15, 0.2) is 72.8 Å². The summed E-state index contributed by atoms with van der Waals surface area (Å²) in [6.45, 7) is 4.86. The van der Waals surface area contributed by atoms with E-state index in [-0.39, 0.29) is 23.3 Å². The van der Waals surface area contributed by atoms with Crippen LogP contribution < -0.4 is 0 Å². The molecule has 1 aromatic heterocycles. The fourth-order valence-corrected chi connectivity index (χ4v) is 6.28. The van der Waals surface area contributed by atoms with Crippen LogP contribution in [-0.2, 0) is 12.0 Å². The number of nitrogens with zero attached hydrogens (tertiary/aromatic N) is 2. The van der Waals surface area contributed by atoms with Crippen LogP contribution in [-0.4, -0.2) is 41.3 Å². The van der Waals surface area contributed by atoms with Gasteiger partial charge in [0.1, 0.15) is 5.82 Å². The normalized spacial score (nSPS) is 17.1. The predicted octanol–water partition coefficient (Wildman–Crippen LogP) is 7.00. The van der Waals surface area contributed by atoms with Crippen molar-refractivity contribution >= 4 is 16.8 Å². The van der Waals surface area contributed by atoms with Crippen molar-refractivity contribution in [2.24, 2.45) is 0 Å². The maximum Gasteiger partial charge on any atom is 0.254 e. The van der Waals surface area contributed by atoms with Crippen LogP contribution in [0.4, 0.5) is 4.39 Å². The van der Waals surface area contributed by atoms with Crippen molar-refractivity contribution in [3.63, 3.8) is 0 Å². The highest BCUT2D eigenvalue weighted by Gasteiger charge is 2.38. The second-order valence-corrected chi connectivity index (χ2v) is 10.5. The van der Waals surface area contributed by atoms with Crippen LogP contribution in [0.3, 0.4) is 0 Å². The van der Waals surface area contributed by atoms with Crippen molar-refractivity contribution in [1.82, 2.24) is 14.8 Å². The van der Waals surface area contributed by atoms with Crippen molar-refractivity contribution in [3.8, 4) is 0 Å². The number of nitrogens with one attached hydrogen (secondary N) is 1. The number of benzene rings is 3. The van der Waals surface area contributed by atoms with Gasteiger partial charge in [-0.1, -0.05) is 55.0 Å². The summed E-state index contributed by atoms with van der Waals surface area (Å²) in [5, 5.41) is 1.24. The Labute approximate surface area is 219 Å². The molecule has 1 aliphatic rings. The average molecular weight is 498 g/mol. The molecule has 0 saturated heterocycles. The molecular weight excluding hydrogens is 461 g/mol. The van der Waals surface area contributed by atoms with Gasteiger partial charge in [-0.2, -0.15) is 0 Å². The monoisotopic (exact) mass is 497 g/mol. The summed E-state index contributed by atoms with van der Waals surface area (Å²) < 4.78 is 14.3. The number of rotatable bonds is 7. The third-order valence-corrected chi connectivity index (χ3v) is 8.32. The lowest BCUT2D eigenvalue weighted by atomic mass is 9.79. The number of hydrogen-bond donors (Lipinski definition) is 1. The van der Waals surface area contributed by atoms with Gasteiger partial charge in [-0.15, -0.1) is 0 Å². The molecule has 4 nitrogen and oxygen atoms in total. The van der Waals surface area contributed by atoms with Crippen LogP contribution in [0.1, 0.15) is 65.0 Å². The molecule has 5 rings (SSSR count). The number of H-pyrrole nitrogens is 1. The molecule has 0 radical (unpaired) electrons. The molecule has 0 aliphatic carbocycles. The average Bonchev–Trinajstić information content (AvgIpc) is 3.28. The van der Waals surface area contributed by atoms with Gasteiger partial charge in [-0.25, -0.2) is 4.39 Å². The highest BCUT2D eigenvalue weighted by molar-refractivity contribution is 5.95. The maximum atomic E-state index is 14.3. The van der Waals surface area contributed by atoms with Gasteiger partial charge in [0.2, 0.25) is 0 Å². The summed E-state index contributed by atoms with van der Waals surface area (Å²) in [5.41, 5.74) is 6.00. The van der Waals surface area contributed by atoms with E-state index in [9.17, 15) is 9.18 Å². The second kappa shape index (κ2) is 10.1. The van der Waals surface area contributed by atoms with E-state index >= 15 is 0 Å². The number of fused-ring (bicyclic) bond motifs is 3. The summed E-state index contributed by atoms with van der Waals surface area (Å²) >= 11 is 0. The molecule has 2 atom stereocenters. The topological polar surface area (TPSA) is 39.3 Å². The van der Waals surface area contributed by atoms with Gasteiger partial charge in [0, 0.05) is 34.2 Å². The molecule has 3 aromatic carbocycles. The second-order valence-electron chi connectivity index (χ2n) is 10.5. The minimum Gasteiger partial charge on any atom is -0.356 e. The van der Waals surface area contributed by atoms with Crippen molar-refractivity contribution < 1.29 is 9.18 Å². The van der Waals surface area contributed by atoms with Gasteiger partial charge < -0.3 is 9.88 Å². The minimum absolute atomic E-state index is 0.0655. The first-order valence-electron chi connectivity index (χ1n) is 13.2. The first-order chi connectivity index (χ1) is 17.8. The van der Waals surface area contributed by atoms with Gasteiger partial charge >= 0.3 is 0 Å². The van der Waals surface area contributed by atoms with Crippen LogP contribution in [0, 0.1) is 12.7 Å². The zero-order chi connectivity index (χ0) is 26.2. The molecule has 1 amide bonds. The van der Waals surface area contributed by atoms with Gasteiger partial charge in [0.25, 0.3) is 5.91 Å². The quantitative estimate of drug-likeness (QED) is 0.299. The smallest absolute Gasteiger partial charge is 0.254 e. The number of para-hydroxylation sites is 1. The first-order valence-corrected chi connectivity index (χ1v) is 13.2. The molecule has 192 valence electrons. The lowest BCUT2D eigenvalue weighted by Gasteiger charge is -2.43. The Morgan fingerprint density at radius 2 is 1.86 bits per heavy atom. The molecule has 0 bridgehead atoms. The molecule has 0 spiro atoms. The number of aromatic amines is 1. The van der Waals surface area contributed by atoms with E-state index < -0.39 is 0 Å². The summed E-state index contributed by atoms with van der Waals surface area (Å²) in [4.78, 5) is 21.8. The van der Waals surface area contributed by atoms with Crippen LogP contribution in [0.5, 0.6) is 0 Å². The number of aromatic nitrogens is 1. The van der Waals surface area contributed by atoms with E-state index in [4.69, 9.17) is 0 Å². The maximum absolute atomic E-state index is 14.3. The molecule has 2 heterocycles. The third-order valence-electron chi connectivity index (χ3n) is 8.32. The van der Waals surface area contributed by atoms with E-state index in [1.807, 2.05) is 48.2 Å². The van der Waals surface area contributed by atoms with Gasteiger partial charge in [-0.3, -0.25) is 9.69 Å². The van der Waals surface area contributed by atoms with Crippen molar-refractivity contribution in [3.05, 3.63) is 107 Å². The minimum atomic E-state index is -0.343. The van der Waals surface area contributed by atoms with Crippen LogP contribution in [0.2, 0.25) is 0 Å². The van der Waals surface area contributed by atoms with E-state index in [1.54, 1.807) is 12.1 Å². The molecule has 4 aromatic rings. The molecule has 1 N–H and O–H groups in total. The largest absolute Gasteiger partial charge is 0.356 e. The van der Waals surface area contributed by atoms with E-state index in [0.717, 1.165) is 53.6 Å². The number of carbonyl (C=O) groups excluding carboxylic acids is 1. The molecule has 2 unspecified atom stereocenters. The lowest BCUT2D eigenvalue weighted by Crippen LogP contribution is -2.44. The standard InChI is InChI=1S/C32H36FN3O/c1-5-32(35(3)4,24-12-9-13-25(33)21-24)18-16-29-30-27(26-14-6-7-15-28(26)34-30)17-19-36(29)31(37)23-11-8-10-22(2)20-23/h6-15,20-21,29,34H,5,16-19H2,1-4H3. The Morgan fingerprint density at radius 1 is 1.08 bits per heavy atom. The Morgan fingerprint density at radius 3 is 2.59 bits per heavy atom. The van der Waals surface area contributed by atoms with Gasteiger partial charge in [0.15, 0.2) is 0 Å². The third kappa shape index (κ3) is 4.57. The number of amides is 1. The van der Waals surface area contributed by atoms with Crippen molar-refractivity contribution in [2.45, 2.75) is 51.1 Å². The predicted molar refractivity (Wildman–Crippen MR) is 148 cm³/mol. The van der Waals surface area contributed by atoms with Crippen molar-refractivity contribution in [2.75, 3.05) is 20.6 Å². The lowest BCUT2D eigenvalue weighted by molar-refractivity contribution is 0.0592. The zero-order valence-corrected chi connectivity index (χ0v) is 22.2. The molecule has 5 heteroatoms. The van der Waals surface area contributed by atoms with Crippen molar-refractivity contribution in [1.29, 1.82) is 0 Å². The number of halogens is 1. The fourth-order valence-electron chi connectivity index (χ4n) is 6.28. The number of hydrogen-bond acceptors (Lipinski definition) is 2. The Bertz CT molecular complexity index is 1420. The van der Waals surface area contributed by atoms with Crippen LogP contribution in [0.25, 0.3) is 10.9 Å². The number of carbonyl (C=O) groups is 1. The van der Waals surface area contributed by atoms with Crippen LogP contribution >= 0.6 is 0 Å². The van der Waals surface area contributed by atoms with Gasteiger partial charge in [-0.05, 0) is 88.2 Å². The Hall–Kier alpha value is -3.44. The fraction of sp³-hybridized carbons (Fsp3) is 0.344. The first kappa shape index (κ1) is 25.2. The molecule has 0 fully saturated rings. The molecule has 1 aliphatic heterocycles. The Balaban J connectivity index is 1.56. The van der Waals surface area contributed by atoms with E-state index in [0.29, 0.717) is 6.54 Å². The molecule has 37 heavy (non-hydrogen) atoms. The van der Waals surface area contributed by atoms with E-state index in [2.05, 4.69) is 49.1 Å². The summed E-state index contributed by atoms with van der Waals surface area (Å²) in [5.74, 6) is -0.153. The Kier molecular flexibility index (Phi) is 6.91. The number of aryl methyl sites for hydroxylation is 1. The highest BCUT2D eigenvalue weighted by Crippen LogP contribution is 2.42. The molecule has 0 saturated carbocycles.